The molecule has 1 spiro atoms. The Labute approximate surface area is 153 Å². The van der Waals surface area contributed by atoms with Gasteiger partial charge in [0.05, 0.1) is 30.5 Å². The third-order valence-electron chi connectivity index (χ3n) is 6.75. The fraction of sp³-hybridized carbons (Fsp3) is 0.421. The van der Waals surface area contributed by atoms with Crippen molar-refractivity contribution in [1.82, 2.24) is 13.9 Å². The predicted molar refractivity (Wildman–Crippen MR) is 92.8 cm³/mol. The van der Waals surface area contributed by atoms with Gasteiger partial charge in [-0.2, -0.15) is 0 Å². The summed E-state index contributed by atoms with van der Waals surface area (Å²) in [7, 11) is 0. The normalized spacial score (nSPS) is 33.1. The molecule has 8 nitrogen and oxygen atoms in total. The second kappa shape index (κ2) is 4.51. The van der Waals surface area contributed by atoms with E-state index >= 15 is 0 Å². The van der Waals surface area contributed by atoms with Gasteiger partial charge in [0.15, 0.2) is 0 Å². The predicted octanol–water partition coefficient (Wildman–Crippen LogP) is 0.344. The van der Waals surface area contributed by atoms with Crippen LogP contribution in [0.5, 0.6) is 0 Å². The van der Waals surface area contributed by atoms with Gasteiger partial charge < -0.3 is 9.47 Å². The minimum Gasteiger partial charge on any atom is -0.458 e. The first-order valence-corrected chi connectivity index (χ1v) is 9.00. The minimum atomic E-state index is -0.862. The second-order valence-corrected chi connectivity index (χ2v) is 7.99. The Hall–Kier alpha value is -2.87. The summed E-state index contributed by atoms with van der Waals surface area (Å²) in [4.78, 5) is 39.2. The van der Waals surface area contributed by atoms with Crippen LogP contribution in [0.25, 0.3) is 5.69 Å². The number of hydrogen-bond acceptors (Lipinski definition) is 5. The van der Waals surface area contributed by atoms with Gasteiger partial charge in [0.1, 0.15) is 12.1 Å². The molecule has 138 valence electrons. The summed E-state index contributed by atoms with van der Waals surface area (Å²) >= 11 is 0. The molecule has 3 atom stereocenters. The molecular formula is C19H17N3O5. The van der Waals surface area contributed by atoms with Crippen LogP contribution in [-0.2, 0) is 19.8 Å². The molecule has 0 amide bonds. The molecular weight excluding hydrogens is 350 g/mol. The number of ether oxygens (including phenoxy) is 2. The molecule has 0 radical (unpaired) electrons. The molecule has 8 heteroatoms. The molecule has 1 aliphatic carbocycles. The molecule has 7 rings (SSSR count). The molecule has 1 fully saturated rings. The molecule has 5 heterocycles. The van der Waals surface area contributed by atoms with Gasteiger partial charge in [-0.25, -0.2) is 28.3 Å². The number of benzene rings is 1. The van der Waals surface area contributed by atoms with Crippen LogP contribution in [0.3, 0.4) is 0 Å². The van der Waals surface area contributed by atoms with Crippen molar-refractivity contribution in [3.63, 3.8) is 0 Å². The van der Waals surface area contributed by atoms with Crippen LogP contribution >= 0.6 is 0 Å². The molecule has 5 aliphatic rings. The lowest BCUT2D eigenvalue weighted by atomic mass is 9.59. The summed E-state index contributed by atoms with van der Waals surface area (Å²) < 4.78 is 15.3. The van der Waals surface area contributed by atoms with E-state index in [1.807, 2.05) is 6.07 Å². The number of aromatic nitrogens is 3. The number of rotatable bonds is 1. The van der Waals surface area contributed by atoms with Crippen LogP contribution < -0.4 is 11.4 Å². The van der Waals surface area contributed by atoms with Gasteiger partial charge >= 0.3 is 17.3 Å². The van der Waals surface area contributed by atoms with Gasteiger partial charge in [-0.05, 0) is 18.6 Å². The highest BCUT2D eigenvalue weighted by atomic mass is 16.5. The topological polar surface area (TPSA) is 84.5 Å². The van der Waals surface area contributed by atoms with E-state index in [0.29, 0.717) is 24.3 Å². The number of cyclic esters (lactones) is 1. The lowest BCUT2D eigenvalue weighted by Gasteiger charge is -2.53. The number of nitrogens with zero attached hydrogens (tertiary/aromatic N) is 3. The van der Waals surface area contributed by atoms with Crippen LogP contribution in [0, 0.1) is 5.41 Å². The van der Waals surface area contributed by atoms with Crippen molar-refractivity contribution in [1.29, 1.82) is 0 Å². The standard InChI is InChI=1S/C19H17N3O5/c1-18-7-13-14-12(8-27-15(14)23)19(18,10-26-9-18)22-17(25)20(16(24)21(13)22)11-5-3-2-4-6-11/h2-6,13H,7-10H2,1H3. The van der Waals surface area contributed by atoms with Gasteiger partial charge in [0.25, 0.3) is 0 Å². The highest BCUT2D eigenvalue weighted by Gasteiger charge is 2.69. The minimum absolute atomic E-state index is 0.154. The lowest BCUT2D eigenvalue weighted by molar-refractivity contribution is -0.136. The summed E-state index contributed by atoms with van der Waals surface area (Å²) in [6.07, 6.45) is 0.569. The van der Waals surface area contributed by atoms with Crippen LogP contribution in [0.4, 0.5) is 0 Å². The molecule has 1 aromatic heterocycles. The monoisotopic (exact) mass is 367 g/mol. The van der Waals surface area contributed by atoms with E-state index in [9.17, 15) is 14.4 Å². The fourth-order valence-corrected chi connectivity index (χ4v) is 5.55. The van der Waals surface area contributed by atoms with Gasteiger partial charge in [-0.1, -0.05) is 25.1 Å². The van der Waals surface area contributed by atoms with Crippen LogP contribution in [-0.4, -0.2) is 39.7 Å². The molecule has 2 bridgehead atoms. The molecule has 3 unspecified atom stereocenters. The Morgan fingerprint density at radius 2 is 1.85 bits per heavy atom. The third kappa shape index (κ3) is 1.46. The molecule has 2 aromatic rings. The average molecular weight is 367 g/mol. The van der Waals surface area contributed by atoms with Gasteiger partial charge in [-0.3, -0.25) is 0 Å². The zero-order chi connectivity index (χ0) is 18.6. The number of para-hydroxylation sites is 1. The van der Waals surface area contributed by atoms with E-state index in [2.05, 4.69) is 6.92 Å². The first kappa shape index (κ1) is 15.2. The largest absolute Gasteiger partial charge is 0.458 e. The van der Waals surface area contributed by atoms with Crippen LogP contribution in [0.2, 0.25) is 0 Å². The quantitative estimate of drug-likeness (QED) is 0.679. The third-order valence-corrected chi connectivity index (χ3v) is 6.75. The first-order valence-electron chi connectivity index (χ1n) is 9.00. The van der Waals surface area contributed by atoms with Gasteiger partial charge in [-0.15, -0.1) is 0 Å². The second-order valence-electron chi connectivity index (χ2n) is 7.99. The zero-order valence-electron chi connectivity index (χ0n) is 14.7. The maximum atomic E-state index is 13.5. The molecule has 27 heavy (non-hydrogen) atoms. The molecule has 1 aromatic carbocycles. The van der Waals surface area contributed by atoms with Gasteiger partial charge in [0.2, 0.25) is 0 Å². The van der Waals surface area contributed by atoms with E-state index in [4.69, 9.17) is 9.47 Å². The first-order chi connectivity index (χ1) is 13.0. The molecule has 0 saturated carbocycles. The van der Waals surface area contributed by atoms with Crippen molar-refractivity contribution in [3.8, 4) is 5.69 Å². The van der Waals surface area contributed by atoms with E-state index in [1.54, 1.807) is 28.9 Å². The SMILES string of the molecule is CC12COCC13C1=C(C(=O)OC1)C(C2)n1c(=O)n(-c2ccccc2)c(=O)n13. The maximum absolute atomic E-state index is 13.5. The van der Waals surface area contributed by atoms with E-state index < -0.39 is 23.0 Å². The molecule has 0 N–H and O–H groups in total. The Balaban J connectivity index is 1.75. The van der Waals surface area contributed by atoms with Crippen molar-refractivity contribution in [2.75, 3.05) is 19.8 Å². The summed E-state index contributed by atoms with van der Waals surface area (Å²) in [6, 6.07) is 8.36. The van der Waals surface area contributed by atoms with Crippen molar-refractivity contribution in [2.24, 2.45) is 5.41 Å². The summed E-state index contributed by atoms with van der Waals surface area (Å²) in [5.41, 5.74) is -0.222. The van der Waals surface area contributed by atoms with Crippen molar-refractivity contribution in [3.05, 3.63) is 62.4 Å². The summed E-state index contributed by atoms with van der Waals surface area (Å²) in [5, 5.41) is 0. The fourth-order valence-electron chi connectivity index (χ4n) is 5.55. The summed E-state index contributed by atoms with van der Waals surface area (Å²) in [6.45, 7) is 2.95. The molecule has 4 aliphatic heterocycles. The highest BCUT2D eigenvalue weighted by Crippen LogP contribution is 2.62. The number of carbonyl (C=O) groups is 1. The Morgan fingerprint density at radius 1 is 1.07 bits per heavy atom. The average Bonchev–Trinajstić information content (AvgIpc) is 3.29. The maximum Gasteiger partial charge on any atom is 0.352 e. The van der Waals surface area contributed by atoms with E-state index in [0.717, 1.165) is 5.57 Å². The number of hydrogen-bond donors (Lipinski definition) is 0. The number of esters is 1. The molecule has 1 saturated heterocycles. The van der Waals surface area contributed by atoms with E-state index in [1.165, 1.54) is 9.25 Å². The Bertz CT molecular complexity index is 1170. The lowest BCUT2D eigenvalue weighted by Crippen LogP contribution is -2.64. The zero-order valence-corrected chi connectivity index (χ0v) is 14.7. The van der Waals surface area contributed by atoms with Crippen molar-refractivity contribution in [2.45, 2.75) is 24.9 Å². The van der Waals surface area contributed by atoms with Gasteiger partial charge in [0, 0.05) is 11.0 Å². The van der Waals surface area contributed by atoms with Crippen molar-refractivity contribution < 1.29 is 14.3 Å². The van der Waals surface area contributed by atoms with Crippen LogP contribution in [0.1, 0.15) is 19.4 Å². The van der Waals surface area contributed by atoms with Crippen molar-refractivity contribution >= 4 is 5.97 Å². The Kier molecular flexibility index (Phi) is 2.54. The summed E-state index contributed by atoms with van der Waals surface area (Å²) in [5.74, 6) is -0.388. The number of carbonyl (C=O) groups excluding carboxylic acids is 1. The smallest absolute Gasteiger partial charge is 0.352 e. The Morgan fingerprint density at radius 3 is 2.63 bits per heavy atom. The van der Waals surface area contributed by atoms with Crippen LogP contribution in [0.15, 0.2) is 51.1 Å². The highest BCUT2D eigenvalue weighted by molar-refractivity contribution is 5.94. The van der Waals surface area contributed by atoms with E-state index in [-0.39, 0.29) is 24.6 Å².